The van der Waals surface area contributed by atoms with Gasteiger partial charge < -0.3 is 4.90 Å². The smallest absolute Gasteiger partial charge is 0.222 e. The van der Waals surface area contributed by atoms with Crippen LogP contribution in [0, 0.1) is 5.92 Å². The van der Waals surface area contributed by atoms with Crippen LogP contribution in [0.1, 0.15) is 54.6 Å². The van der Waals surface area contributed by atoms with Crippen molar-refractivity contribution in [3.05, 3.63) is 34.9 Å². The maximum Gasteiger partial charge on any atom is 0.222 e. The van der Waals surface area contributed by atoms with E-state index in [1.165, 1.54) is 24.0 Å². The summed E-state index contributed by atoms with van der Waals surface area (Å²) in [5.74, 6) is 0.849. The molecule has 0 unspecified atom stereocenters. The number of hydrogen-bond acceptors (Lipinski definition) is 3. The Morgan fingerprint density at radius 2 is 1.68 bits per heavy atom. The lowest BCUT2D eigenvalue weighted by molar-refractivity contribution is -0.133. The summed E-state index contributed by atoms with van der Waals surface area (Å²) < 4.78 is 0. The highest BCUT2D eigenvalue weighted by Crippen LogP contribution is 2.22. The SMILES string of the molecule is CC(C)CC(=O)N1CCN(CC(=O)c2ccc3c(c2)CCCC3)CC1. The van der Waals surface area contributed by atoms with Crippen molar-refractivity contribution in [3.63, 3.8) is 0 Å². The molecular weight excluding hydrogens is 312 g/mol. The van der Waals surface area contributed by atoms with Crippen LogP contribution in [0.2, 0.25) is 0 Å². The van der Waals surface area contributed by atoms with E-state index in [2.05, 4.69) is 30.9 Å². The first-order valence-corrected chi connectivity index (χ1v) is 9.68. The number of nitrogens with zero attached hydrogens (tertiary/aromatic N) is 2. The third-order valence-corrected chi connectivity index (χ3v) is 5.35. The topological polar surface area (TPSA) is 40.6 Å². The van der Waals surface area contributed by atoms with Gasteiger partial charge in [-0.1, -0.05) is 26.0 Å². The number of piperazine rings is 1. The minimum Gasteiger partial charge on any atom is -0.340 e. The zero-order valence-electron chi connectivity index (χ0n) is 15.6. The van der Waals surface area contributed by atoms with Gasteiger partial charge in [0, 0.05) is 38.2 Å². The van der Waals surface area contributed by atoms with E-state index in [0.717, 1.165) is 44.6 Å². The van der Waals surface area contributed by atoms with E-state index in [1.807, 2.05) is 11.0 Å². The van der Waals surface area contributed by atoms with Gasteiger partial charge in [-0.15, -0.1) is 0 Å². The number of Topliss-reactive ketones (excluding diaryl/α,β-unsaturated/α-hetero) is 1. The fourth-order valence-electron chi connectivity index (χ4n) is 3.83. The molecule has 0 radical (unpaired) electrons. The lowest BCUT2D eigenvalue weighted by atomic mass is 9.90. The van der Waals surface area contributed by atoms with Crippen molar-refractivity contribution < 1.29 is 9.59 Å². The zero-order valence-corrected chi connectivity index (χ0v) is 15.6. The number of fused-ring (bicyclic) bond motifs is 1. The molecule has 0 spiro atoms. The quantitative estimate of drug-likeness (QED) is 0.773. The number of rotatable bonds is 5. The van der Waals surface area contributed by atoms with Crippen LogP contribution in [-0.4, -0.2) is 54.2 Å². The van der Waals surface area contributed by atoms with Gasteiger partial charge in [0.05, 0.1) is 6.54 Å². The third kappa shape index (κ3) is 4.69. The summed E-state index contributed by atoms with van der Waals surface area (Å²) >= 11 is 0. The van der Waals surface area contributed by atoms with Gasteiger partial charge in [0.15, 0.2) is 5.78 Å². The predicted octanol–water partition coefficient (Wildman–Crippen LogP) is 2.94. The molecule has 0 saturated carbocycles. The van der Waals surface area contributed by atoms with E-state index in [1.54, 1.807) is 0 Å². The monoisotopic (exact) mass is 342 g/mol. The number of carbonyl (C=O) groups excluding carboxylic acids is 2. The first-order valence-electron chi connectivity index (χ1n) is 9.68. The van der Waals surface area contributed by atoms with Crippen molar-refractivity contribution >= 4 is 11.7 Å². The Labute approximate surface area is 151 Å². The van der Waals surface area contributed by atoms with E-state index < -0.39 is 0 Å². The zero-order chi connectivity index (χ0) is 17.8. The maximum atomic E-state index is 12.6. The Morgan fingerprint density at radius 1 is 1.00 bits per heavy atom. The fraction of sp³-hybridized carbons (Fsp3) is 0.619. The average molecular weight is 342 g/mol. The fourth-order valence-corrected chi connectivity index (χ4v) is 3.83. The Kier molecular flexibility index (Phi) is 5.89. The molecule has 0 N–H and O–H groups in total. The molecule has 0 aromatic heterocycles. The average Bonchev–Trinajstić information content (AvgIpc) is 2.61. The Balaban J connectivity index is 1.52. The second-order valence-corrected chi connectivity index (χ2v) is 7.87. The van der Waals surface area contributed by atoms with Gasteiger partial charge in [0.25, 0.3) is 0 Å². The second kappa shape index (κ2) is 8.13. The summed E-state index contributed by atoms with van der Waals surface area (Å²) in [5, 5.41) is 0. The summed E-state index contributed by atoms with van der Waals surface area (Å²) in [6.07, 6.45) is 5.37. The van der Waals surface area contributed by atoms with Crippen molar-refractivity contribution in [1.82, 2.24) is 9.80 Å². The van der Waals surface area contributed by atoms with Crippen LogP contribution in [0.25, 0.3) is 0 Å². The van der Waals surface area contributed by atoms with Gasteiger partial charge in [-0.2, -0.15) is 0 Å². The minimum atomic E-state index is 0.204. The van der Waals surface area contributed by atoms with E-state index in [0.29, 0.717) is 18.9 Å². The molecule has 25 heavy (non-hydrogen) atoms. The first-order chi connectivity index (χ1) is 12.0. The summed E-state index contributed by atoms with van der Waals surface area (Å²) in [6.45, 7) is 7.68. The van der Waals surface area contributed by atoms with E-state index in [9.17, 15) is 9.59 Å². The lowest BCUT2D eigenvalue weighted by Gasteiger charge is -2.34. The molecule has 0 atom stereocenters. The summed E-state index contributed by atoms with van der Waals surface area (Å²) in [7, 11) is 0. The number of amides is 1. The van der Waals surface area contributed by atoms with Crippen molar-refractivity contribution in [2.24, 2.45) is 5.92 Å². The van der Waals surface area contributed by atoms with Crippen LogP contribution < -0.4 is 0 Å². The van der Waals surface area contributed by atoms with Crippen LogP contribution >= 0.6 is 0 Å². The molecule has 3 rings (SSSR count). The van der Waals surface area contributed by atoms with Crippen molar-refractivity contribution in [2.75, 3.05) is 32.7 Å². The largest absolute Gasteiger partial charge is 0.340 e. The van der Waals surface area contributed by atoms with E-state index in [4.69, 9.17) is 0 Å². The molecular formula is C21H30N2O2. The standard InChI is InChI=1S/C21H30N2O2/c1-16(2)13-21(25)23-11-9-22(10-12-23)15-20(24)19-8-7-17-5-3-4-6-18(17)14-19/h7-8,14,16H,3-6,9-13,15H2,1-2H3. The van der Waals surface area contributed by atoms with E-state index >= 15 is 0 Å². The highest BCUT2D eigenvalue weighted by atomic mass is 16.2. The molecule has 1 amide bonds. The summed E-state index contributed by atoms with van der Waals surface area (Å²) in [4.78, 5) is 28.9. The van der Waals surface area contributed by atoms with Gasteiger partial charge in [-0.25, -0.2) is 0 Å². The second-order valence-electron chi connectivity index (χ2n) is 7.87. The van der Waals surface area contributed by atoms with E-state index in [-0.39, 0.29) is 11.7 Å². The molecule has 136 valence electrons. The Morgan fingerprint density at radius 3 is 2.36 bits per heavy atom. The molecule has 1 saturated heterocycles. The van der Waals surface area contributed by atoms with Crippen LogP contribution in [0.15, 0.2) is 18.2 Å². The number of benzene rings is 1. The van der Waals surface area contributed by atoms with Crippen LogP contribution in [0.3, 0.4) is 0 Å². The highest BCUT2D eigenvalue weighted by molar-refractivity contribution is 5.97. The van der Waals surface area contributed by atoms with Gasteiger partial charge in [-0.3, -0.25) is 14.5 Å². The van der Waals surface area contributed by atoms with Gasteiger partial charge >= 0.3 is 0 Å². The Hall–Kier alpha value is -1.68. The molecule has 4 nitrogen and oxygen atoms in total. The van der Waals surface area contributed by atoms with Gasteiger partial charge in [-0.05, 0) is 48.8 Å². The lowest BCUT2D eigenvalue weighted by Crippen LogP contribution is -2.50. The van der Waals surface area contributed by atoms with Crippen molar-refractivity contribution in [3.8, 4) is 0 Å². The van der Waals surface area contributed by atoms with Crippen LogP contribution in [0.4, 0.5) is 0 Å². The van der Waals surface area contributed by atoms with Gasteiger partial charge in [0.1, 0.15) is 0 Å². The molecule has 1 aliphatic carbocycles. The number of hydrogen-bond donors (Lipinski definition) is 0. The van der Waals surface area contributed by atoms with Crippen LogP contribution in [-0.2, 0) is 17.6 Å². The first kappa shape index (κ1) is 18.1. The molecule has 1 aromatic carbocycles. The molecule has 0 bridgehead atoms. The third-order valence-electron chi connectivity index (χ3n) is 5.35. The number of aryl methyl sites for hydroxylation is 2. The normalized spacial score (nSPS) is 18.3. The summed E-state index contributed by atoms with van der Waals surface area (Å²) in [5.41, 5.74) is 3.63. The molecule has 1 heterocycles. The van der Waals surface area contributed by atoms with Crippen molar-refractivity contribution in [1.29, 1.82) is 0 Å². The van der Waals surface area contributed by atoms with Crippen LogP contribution in [0.5, 0.6) is 0 Å². The highest BCUT2D eigenvalue weighted by Gasteiger charge is 2.23. The van der Waals surface area contributed by atoms with Crippen molar-refractivity contribution in [2.45, 2.75) is 46.0 Å². The molecule has 1 aromatic rings. The molecule has 4 heteroatoms. The molecule has 2 aliphatic rings. The number of ketones is 1. The summed E-state index contributed by atoms with van der Waals surface area (Å²) in [6, 6.07) is 6.25. The molecule has 1 fully saturated rings. The number of carbonyl (C=O) groups is 2. The predicted molar refractivity (Wildman–Crippen MR) is 99.9 cm³/mol. The molecule has 1 aliphatic heterocycles. The minimum absolute atomic E-state index is 0.204. The maximum absolute atomic E-state index is 12.6. The Bertz CT molecular complexity index is 631. The van der Waals surface area contributed by atoms with Gasteiger partial charge in [0.2, 0.25) is 5.91 Å².